The molecule has 1 saturated heterocycles. The van der Waals surface area contributed by atoms with Gasteiger partial charge in [-0.2, -0.15) is 0 Å². The summed E-state index contributed by atoms with van der Waals surface area (Å²) < 4.78 is 5.59. The van der Waals surface area contributed by atoms with Crippen molar-refractivity contribution in [2.24, 2.45) is 5.92 Å². The fraction of sp³-hybridized carbons (Fsp3) is 0.667. The number of nitrogens with one attached hydrogen (secondary N) is 1. The van der Waals surface area contributed by atoms with Gasteiger partial charge in [0.25, 0.3) is 0 Å². The van der Waals surface area contributed by atoms with Crippen LogP contribution in [0.5, 0.6) is 5.75 Å². The van der Waals surface area contributed by atoms with Crippen LogP contribution in [0.2, 0.25) is 0 Å². The summed E-state index contributed by atoms with van der Waals surface area (Å²) in [6.07, 6.45) is 9.49. The van der Waals surface area contributed by atoms with E-state index in [4.69, 9.17) is 4.74 Å². The molecule has 0 spiro atoms. The van der Waals surface area contributed by atoms with Gasteiger partial charge in [0.05, 0.1) is 13.2 Å². The van der Waals surface area contributed by atoms with Gasteiger partial charge >= 0.3 is 0 Å². The number of likely N-dealkylation sites (tertiary alicyclic amines) is 1. The van der Waals surface area contributed by atoms with E-state index in [2.05, 4.69) is 22.3 Å². The molecule has 3 rings (SSSR count). The van der Waals surface area contributed by atoms with Crippen molar-refractivity contribution in [1.29, 1.82) is 0 Å². The Kier molecular flexibility index (Phi) is 6.74. The van der Waals surface area contributed by atoms with E-state index in [0.29, 0.717) is 18.9 Å². The lowest BCUT2D eigenvalue weighted by Gasteiger charge is -2.35. The molecule has 1 aromatic carbocycles. The van der Waals surface area contributed by atoms with E-state index in [9.17, 15) is 4.79 Å². The normalized spacial score (nSPS) is 20.4. The minimum absolute atomic E-state index is 0.198. The molecule has 1 aliphatic carbocycles. The molecule has 1 N–H and O–H groups in total. The van der Waals surface area contributed by atoms with Crippen LogP contribution >= 0.6 is 0 Å². The number of para-hydroxylation sites is 1. The van der Waals surface area contributed by atoms with Crippen molar-refractivity contribution in [3.05, 3.63) is 29.8 Å². The standard InChI is InChI=1S/C21H32N2O2/c1-25-20-12-6-5-11-18(20)19(23-13-7-2-8-14-23)16-22-21(24)15-17-9-3-4-10-17/h5-6,11-12,17,19H,2-4,7-10,13-16H2,1H3,(H,22,24). The molecule has 1 heterocycles. The van der Waals surface area contributed by atoms with Crippen LogP contribution in [0.15, 0.2) is 24.3 Å². The highest BCUT2D eigenvalue weighted by atomic mass is 16.5. The molecular formula is C21H32N2O2. The van der Waals surface area contributed by atoms with Gasteiger partial charge < -0.3 is 10.1 Å². The number of amides is 1. The molecule has 1 aromatic rings. The topological polar surface area (TPSA) is 41.6 Å². The monoisotopic (exact) mass is 344 g/mol. The molecule has 25 heavy (non-hydrogen) atoms. The van der Waals surface area contributed by atoms with E-state index in [1.807, 2.05) is 12.1 Å². The maximum atomic E-state index is 12.4. The molecule has 0 aromatic heterocycles. The summed E-state index contributed by atoms with van der Waals surface area (Å²) in [4.78, 5) is 14.9. The molecule has 2 aliphatic rings. The van der Waals surface area contributed by atoms with Crippen molar-refractivity contribution in [1.82, 2.24) is 10.2 Å². The maximum absolute atomic E-state index is 12.4. The van der Waals surface area contributed by atoms with E-state index < -0.39 is 0 Å². The molecular weight excluding hydrogens is 312 g/mol. The predicted molar refractivity (Wildman–Crippen MR) is 101 cm³/mol. The van der Waals surface area contributed by atoms with E-state index in [1.165, 1.54) is 50.5 Å². The third-order valence-corrected chi connectivity index (χ3v) is 5.77. The van der Waals surface area contributed by atoms with Gasteiger partial charge in [0.1, 0.15) is 5.75 Å². The molecule has 1 amide bonds. The fourth-order valence-corrected chi connectivity index (χ4v) is 4.37. The highest BCUT2D eigenvalue weighted by molar-refractivity contribution is 5.76. The summed E-state index contributed by atoms with van der Waals surface area (Å²) in [7, 11) is 1.73. The number of ether oxygens (including phenoxy) is 1. The summed E-state index contributed by atoms with van der Waals surface area (Å²) >= 11 is 0. The van der Waals surface area contributed by atoms with Gasteiger partial charge in [-0.1, -0.05) is 37.5 Å². The molecule has 0 bridgehead atoms. The number of benzene rings is 1. The lowest BCUT2D eigenvalue weighted by molar-refractivity contribution is -0.122. The predicted octanol–water partition coefficient (Wildman–Crippen LogP) is 3.92. The molecule has 4 heteroatoms. The zero-order valence-electron chi connectivity index (χ0n) is 15.5. The number of hydrogen-bond donors (Lipinski definition) is 1. The number of carbonyl (C=O) groups excluding carboxylic acids is 1. The summed E-state index contributed by atoms with van der Waals surface area (Å²) in [5, 5.41) is 3.22. The Balaban J connectivity index is 1.66. The Hall–Kier alpha value is -1.55. The second-order valence-corrected chi connectivity index (χ2v) is 7.51. The minimum Gasteiger partial charge on any atom is -0.496 e. The smallest absolute Gasteiger partial charge is 0.220 e. The van der Waals surface area contributed by atoms with E-state index in [-0.39, 0.29) is 11.9 Å². The van der Waals surface area contributed by atoms with Gasteiger partial charge in [-0.15, -0.1) is 0 Å². The number of nitrogens with zero attached hydrogens (tertiary/aromatic N) is 1. The van der Waals surface area contributed by atoms with Crippen LogP contribution in [0.1, 0.15) is 63.0 Å². The van der Waals surface area contributed by atoms with Crippen molar-refractivity contribution in [3.63, 3.8) is 0 Å². The molecule has 1 saturated carbocycles. The lowest BCUT2D eigenvalue weighted by atomic mass is 10.00. The minimum atomic E-state index is 0.198. The Morgan fingerprint density at radius 3 is 2.60 bits per heavy atom. The van der Waals surface area contributed by atoms with E-state index >= 15 is 0 Å². The van der Waals surface area contributed by atoms with Crippen LogP contribution < -0.4 is 10.1 Å². The zero-order chi connectivity index (χ0) is 17.5. The van der Waals surface area contributed by atoms with Crippen molar-refractivity contribution >= 4 is 5.91 Å². The van der Waals surface area contributed by atoms with Crippen LogP contribution in [0.4, 0.5) is 0 Å². The Bertz CT molecular complexity index is 549. The molecule has 4 nitrogen and oxygen atoms in total. The number of rotatable bonds is 7. The number of hydrogen-bond acceptors (Lipinski definition) is 3. The first-order valence-corrected chi connectivity index (χ1v) is 9.91. The third-order valence-electron chi connectivity index (χ3n) is 5.77. The molecule has 138 valence electrons. The molecule has 1 aliphatic heterocycles. The first-order chi connectivity index (χ1) is 12.3. The second-order valence-electron chi connectivity index (χ2n) is 7.51. The number of carbonyl (C=O) groups is 1. The Morgan fingerprint density at radius 2 is 1.88 bits per heavy atom. The van der Waals surface area contributed by atoms with Gasteiger partial charge in [0.15, 0.2) is 0 Å². The average molecular weight is 344 g/mol. The summed E-state index contributed by atoms with van der Waals surface area (Å²) in [5.41, 5.74) is 1.19. The van der Waals surface area contributed by atoms with Crippen molar-refractivity contribution in [2.45, 2.75) is 57.4 Å². The zero-order valence-corrected chi connectivity index (χ0v) is 15.5. The largest absolute Gasteiger partial charge is 0.496 e. The first-order valence-electron chi connectivity index (χ1n) is 9.91. The SMILES string of the molecule is COc1ccccc1C(CNC(=O)CC1CCCC1)N1CCCCC1. The van der Waals surface area contributed by atoms with Crippen LogP contribution in [0.3, 0.4) is 0 Å². The fourth-order valence-electron chi connectivity index (χ4n) is 4.37. The summed E-state index contributed by atoms with van der Waals surface area (Å²) in [5.74, 6) is 1.73. The highest BCUT2D eigenvalue weighted by Gasteiger charge is 2.26. The molecule has 2 fully saturated rings. The van der Waals surface area contributed by atoms with Crippen molar-refractivity contribution < 1.29 is 9.53 Å². The Morgan fingerprint density at radius 1 is 1.16 bits per heavy atom. The van der Waals surface area contributed by atoms with Gasteiger partial charge in [-0.25, -0.2) is 0 Å². The van der Waals surface area contributed by atoms with Gasteiger partial charge in [0.2, 0.25) is 5.91 Å². The number of methoxy groups -OCH3 is 1. The maximum Gasteiger partial charge on any atom is 0.220 e. The van der Waals surface area contributed by atoms with Crippen molar-refractivity contribution in [3.8, 4) is 5.75 Å². The second kappa shape index (κ2) is 9.23. The summed E-state index contributed by atoms with van der Waals surface area (Å²) in [6.45, 7) is 2.87. The third kappa shape index (κ3) is 4.97. The Labute approximate surface area is 151 Å². The lowest BCUT2D eigenvalue weighted by Crippen LogP contribution is -2.41. The highest BCUT2D eigenvalue weighted by Crippen LogP contribution is 2.31. The van der Waals surface area contributed by atoms with Gasteiger partial charge in [-0.3, -0.25) is 9.69 Å². The van der Waals surface area contributed by atoms with Crippen LogP contribution in [0, 0.1) is 5.92 Å². The summed E-state index contributed by atoms with van der Waals surface area (Å²) in [6, 6.07) is 8.43. The molecule has 0 radical (unpaired) electrons. The van der Waals surface area contributed by atoms with Crippen LogP contribution in [0.25, 0.3) is 0 Å². The van der Waals surface area contributed by atoms with E-state index in [1.54, 1.807) is 7.11 Å². The molecule has 1 unspecified atom stereocenters. The number of piperidine rings is 1. The molecule has 1 atom stereocenters. The first kappa shape index (κ1) is 18.2. The van der Waals surface area contributed by atoms with Crippen LogP contribution in [-0.4, -0.2) is 37.6 Å². The average Bonchev–Trinajstić information content (AvgIpc) is 3.16. The quantitative estimate of drug-likeness (QED) is 0.815. The van der Waals surface area contributed by atoms with Gasteiger partial charge in [-0.05, 0) is 50.8 Å². The van der Waals surface area contributed by atoms with Crippen molar-refractivity contribution in [2.75, 3.05) is 26.7 Å². The van der Waals surface area contributed by atoms with Gasteiger partial charge in [0, 0.05) is 18.5 Å². The van der Waals surface area contributed by atoms with Crippen LogP contribution in [-0.2, 0) is 4.79 Å². The van der Waals surface area contributed by atoms with E-state index in [0.717, 1.165) is 18.8 Å².